The molecular weight excluding hydrogens is 260 g/mol. The van der Waals surface area contributed by atoms with Crippen molar-refractivity contribution in [1.29, 1.82) is 0 Å². The molecule has 21 heavy (non-hydrogen) atoms. The van der Waals surface area contributed by atoms with Gasteiger partial charge in [-0.05, 0) is 50.8 Å². The van der Waals surface area contributed by atoms with E-state index >= 15 is 0 Å². The number of hydrogen-bond acceptors (Lipinski definition) is 3. The molecule has 1 saturated heterocycles. The third-order valence-electron chi connectivity index (χ3n) is 4.98. The fraction of sp³-hybridized carbons (Fsp3) is 0.667. The van der Waals surface area contributed by atoms with Crippen molar-refractivity contribution in [2.24, 2.45) is 0 Å². The maximum atomic E-state index is 5.83. The highest BCUT2D eigenvalue weighted by Gasteiger charge is 2.32. The summed E-state index contributed by atoms with van der Waals surface area (Å²) in [5.74, 6) is 0. The molecule has 3 heteroatoms. The summed E-state index contributed by atoms with van der Waals surface area (Å²) >= 11 is 0. The van der Waals surface area contributed by atoms with Crippen LogP contribution >= 0.6 is 0 Å². The standard InChI is InChI=1S/C18H28N2O/c1-14-13-20(11-6-12-21-14)17-10-5-8-15-7-3-4-9-16(15)18(17)19-2/h3-4,7,9,14,17-19H,5-6,8,10-13H2,1-2H3. The third-order valence-corrected chi connectivity index (χ3v) is 4.98. The van der Waals surface area contributed by atoms with Gasteiger partial charge in [-0.2, -0.15) is 0 Å². The van der Waals surface area contributed by atoms with E-state index in [1.165, 1.54) is 30.4 Å². The van der Waals surface area contributed by atoms with Crippen molar-refractivity contribution in [3.05, 3.63) is 35.4 Å². The second-order valence-electron chi connectivity index (χ2n) is 6.45. The monoisotopic (exact) mass is 288 g/mol. The minimum atomic E-state index is 0.350. The molecule has 1 aromatic rings. The Kier molecular flexibility index (Phi) is 4.94. The van der Waals surface area contributed by atoms with Gasteiger partial charge in [0.2, 0.25) is 0 Å². The van der Waals surface area contributed by atoms with Crippen LogP contribution in [0.2, 0.25) is 0 Å². The highest BCUT2D eigenvalue weighted by Crippen LogP contribution is 2.32. The highest BCUT2D eigenvalue weighted by molar-refractivity contribution is 5.32. The van der Waals surface area contributed by atoms with Gasteiger partial charge in [0.25, 0.3) is 0 Å². The first kappa shape index (κ1) is 15.0. The van der Waals surface area contributed by atoms with E-state index in [0.717, 1.165) is 26.1 Å². The number of fused-ring (bicyclic) bond motifs is 1. The van der Waals surface area contributed by atoms with Gasteiger partial charge in [0.1, 0.15) is 0 Å². The summed E-state index contributed by atoms with van der Waals surface area (Å²) in [4.78, 5) is 2.67. The van der Waals surface area contributed by atoms with Crippen molar-refractivity contribution in [3.63, 3.8) is 0 Å². The maximum Gasteiger partial charge on any atom is 0.0674 e. The minimum Gasteiger partial charge on any atom is -0.377 e. The molecule has 0 radical (unpaired) electrons. The molecule has 0 spiro atoms. The van der Waals surface area contributed by atoms with Crippen LogP contribution in [0.25, 0.3) is 0 Å². The largest absolute Gasteiger partial charge is 0.377 e. The molecule has 0 bridgehead atoms. The first-order valence-electron chi connectivity index (χ1n) is 8.40. The Morgan fingerprint density at radius 1 is 1.24 bits per heavy atom. The van der Waals surface area contributed by atoms with Crippen LogP contribution in [0.5, 0.6) is 0 Å². The summed E-state index contributed by atoms with van der Waals surface area (Å²) in [7, 11) is 2.11. The molecule has 1 aliphatic carbocycles. The Morgan fingerprint density at radius 2 is 2.10 bits per heavy atom. The number of ether oxygens (including phenoxy) is 1. The van der Waals surface area contributed by atoms with Crippen LogP contribution in [0.3, 0.4) is 0 Å². The number of rotatable bonds is 2. The van der Waals surface area contributed by atoms with E-state index in [2.05, 4.69) is 48.5 Å². The van der Waals surface area contributed by atoms with Crippen LogP contribution < -0.4 is 5.32 Å². The summed E-state index contributed by atoms with van der Waals surface area (Å²) in [5, 5.41) is 3.60. The van der Waals surface area contributed by atoms with Gasteiger partial charge >= 0.3 is 0 Å². The van der Waals surface area contributed by atoms with E-state index in [9.17, 15) is 0 Å². The molecule has 1 aromatic carbocycles. The normalized spacial score (nSPS) is 31.2. The lowest BCUT2D eigenvalue weighted by molar-refractivity contribution is 0.0552. The van der Waals surface area contributed by atoms with Crippen LogP contribution in [0.4, 0.5) is 0 Å². The first-order chi connectivity index (χ1) is 10.3. The smallest absolute Gasteiger partial charge is 0.0674 e. The van der Waals surface area contributed by atoms with Crippen LogP contribution in [0, 0.1) is 0 Å². The quantitative estimate of drug-likeness (QED) is 0.847. The van der Waals surface area contributed by atoms with Crippen molar-refractivity contribution in [2.75, 3.05) is 26.7 Å². The van der Waals surface area contributed by atoms with E-state index in [4.69, 9.17) is 4.74 Å². The summed E-state index contributed by atoms with van der Waals surface area (Å²) in [6.45, 7) is 5.34. The summed E-state index contributed by atoms with van der Waals surface area (Å²) < 4.78 is 5.83. The Bertz CT molecular complexity index is 462. The molecular formula is C18H28N2O. The number of benzene rings is 1. The molecule has 1 aliphatic heterocycles. The molecule has 0 amide bonds. The van der Waals surface area contributed by atoms with Gasteiger partial charge < -0.3 is 10.1 Å². The number of nitrogens with one attached hydrogen (secondary N) is 1. The highest BCUT2D eigenvalue weighted by atomic mass is 16.5. The molecule has 1 heterocycles. The third kappa shape index (κ3) is 3.31. The van der Waals surface area contributed by atoms with E-state index < -0.39 is 0 Å². The van der Waals surface area contributed by atoms with Crippen molar-refractivity contribution in [2.45, 2.75) is 50.8 Å². The SMILES string of the molecule is CNC1c2ccccc2CCCC1N1CCCOC(C)C1. The van der Waals surface area contributed by atoms with Gasteiger partial charge in [-0.15, -0.1) is 0 Å². The molecule has 3 rings (SSSR count). The Balaban J connectivity index is 1.87. The summed E-state index contributed by atoms with van der Waals surface area (Å²) in [5.41, 5.74) is 3.03. The molecule has 1 fully saturated rings. The van der Waals surface area contributed by atoms with E-state index in [1.54, 1.807) is 0 Å². The zero-order valence-corrected chi connectivity index (χ0v) is 13.3. The minimum absolute atomic E-state index is 0.350. The van der Waals surface area contributed by atoms with Gasteiger partial charge in [-0.3, -0.25) is 4.90 Å². The molecule has 3 atom stereocenters. The van der Waals surface area contributed by atoms with Gasteiger partial charge in [0.05, 0.1) is 6.10 Å². The van der Waals surface area contributed by atoms with Crippen molar-refractivity contribution < 1.29 is 4.74 Å². The van der Waals surface area contributed by atoms with Gasteiger partial charge in [0.15, 0.2) is 0 Å². The topological polar surface area (TPSA) is 24.5 Å². The van der Waals surface area contributed by atoms with Gasteiger partial charge in [0, 0.05) is 31.8 Å². The van der Waals surface area contributed by atoms with E-state index in [-0.39, 0.29) is 0 Å². The van der Waals surface area contributed by atoms with Crippen molar-refractivity contribution in [1.82, 2.24) is 10.2 Å². The van der Waals surface area contributed by atoms with E-state index in [0.29, 0.717) is 18.2 Å². The molecule has 3 unspecified atom stereocenters. The summed E-state index contributed by atoms with van der Waals surface area (Å²) in [6, 6.07) is 9.99. The zero-order chi connectivity index (χ0) is 14.7. The predicted molar refractivity (Wildman–Crippen MR) is 86.6 cm³/mol. The molecule has 1 N–H and O–H groups in total. The Hall–Kier alpha value is -0.900. The molecule has 2 aliphatic rings. The summed E-state index contributed by atoms with van der Waals surface area (Å²) in [6.07, 6.45) is 5.27. The Morgan fingerprint density at radius 3 is 2.95 bits per heavy atom. The Labute approximate surface area is 128 Å². The first-order valence-corrected chi connectivity index (χ1v) is 8.40. The van der Waals surface area contributed by atoms with Gasteiger partial charge in [-0.25, -0.2) is 0 Å². The second kappa shape index (κ2) is 6.91. The number of aryl methyl sites for hydroxylation is 1. The lowest BCUT2D eigenvalue weighted by Crippen LogP contribution is -2.46. The average molecular weight is 288 g/mol. The van der Waals surface area contributed by atoms with Crippen molar-refractivity contribution >= 4 is 0 Å². The van der Waals surface area contributed by atoms with Crippen LogP contribution in [-0.4, -0.2) is 43.8 Å². The van der Waals surface area contributed by atoms with Crippen molar-refractivity contribution in [3.8, 4) is 0 Å². The fourth-order valence-corrected chi connectivity index (χ4v) is 4.01. The van der Waals surface area contributed by atoms with Crippen LogP contribution in [0.1, 0.15) is 43.4 Å². The number of nitrogens with zero attached hydrogens (tertiary/aromatic N) is 1. The number of likely N-dealkylation sites (N-methyl/N-ethyl adjacent to an activating group) is 1. The van der Waals surface area contributed by atoms with Crippen LogP contribution in [0.15, 0.2) is 24.3 Å². The molecule has 116 valence electrons. The lowest BCUT2D eigenvalue weighted by atomic mass is 9.95. The zero-order valence-electron chi connectivity index (χ0n) is 13.3. The second-order valence-corrected chi connectivity index (χ2v) is 6.45. The molecule has 0 saturated carbocycles. The fourth-order valence-electron chi connectivity index (χ4n) is 4.01. The average Bonchev–Trinajstić information content (AvgIpc) is 2.82. The number of hydrogen-bond donors (Lipinski definition) is 1. The molecule has 3 nitrogen and oxygen atoms in total. The predicted octanol–water partition coefficient (Wildman–Crippen LogP) is 2.76. The maximum absolute atomic E-state index is 5.83. The van der Waals surface area contributed by atoms with Gasteiger partial charge in [-0.1, -0.05) is 24.3 Å². The van der Waals surface area contributed by atoms with Crippen LogP contribution in [-0.2, 0) is 11.2 Å². The lowest BCUT2D eigenvalue weighted by Gasteiger charge is -2.36. The van der Waals surface area contributed by atoms with E-state index in [1.807, 2.05) is 0 Å². The molecule has 0 aromatic heterocycles.